The van der Waals surface area contributed by atoms with Crippen molar-refractivity contribution in [2.75, 3.05) is 23.7 Å². The molecule has 1 aromatic carbocycles. The molecule has 10 heteroatoms. The molecule has 4 rings (SSSR count). The second-order valence-electron chi connectivity index (χ2n) is 6.64. The quantitative estimate of drug-likeness (QED) is 0.811. The minimum Gasteiger partial charge on any atom is -0.352 e. The monoisotopic (exact) mass is 405 g/mol. The highest BCUT2D eigenvalue weighted by Gasteiger charge is 2.33. The van der Waals surface area contributed by atoms with Crippen molar-refractivity contribution in [1.29, 1.82) is 0 Å². The maximum Gasteiger partial charge on any atom is 0.257 e. The van der Waals surface area contributed by atoms with Crippen LogP contribution in [0.2, 0.25) is 0 Å². The van der Waals surface area contributed by atoms with Gasteiger partial charge in [0.05, 0.1) is 11.4 Å². The van der Waals surface area contributed by atoms with Gasteiger partial charge in [-0.1, -0.05) is 6.92 Å². The second-order valence-corrected chi connectivity index (χ2v) is 9.40. The van der Waals surface area contributed by atoms with Crippen LogP contribution in [0.4, 0.5) is 5.69 Å². The van der Waals surface area contributed by atoms with Crippen LogP contribution in [0.25, 0.3) is 0 Å². The molecule has 142 valence electrons. The van der Waals surface area contributed by atoms with Gasteiger partial charge in [0.2, 0.25) is 0 Å². The van der Waals surface area contributed by atoms with E-state index in [9.17, 15) is 13.2 Å². The van der Waals surface area contributed by atoms with E-state index in [0.717, 1.165) is 17.1 Å². The molecule has 0 saturated carbocycles. The van der Waals surface area contributed by atoms with Gasteiger partial charge in [0.25, 0.3) is 15.9 Å². The van der Waals surface area contributed by atoms with Crippen LogP contribution in [-0.2, 0) is 16.6 Å². The average molecular weight is 406 g/mol. The van der Waals surface area contributed by atoms with Crippen molar-refractivity contribution in [1.82, 2.24) is 15.1 Å². The van der Waals surface area contributed by atoms with E-state index in [4.69, 9.17) is 0 Å². The number of rotatable bonds is 5. The molecule has 8 nitrogen and oxygen atoms in total. The Balaban J connectivity index is 1.42. The van der Waals surface area contributed by atoms with E-state index in [2.05, 4.69) is 21.7 Å². The summed E-state index contributed by atoms with van der Waals surface area (Å²) < 4.78 is 29.0. The lowest BCUT2D eigenvalue weighted by molar-refractivity contribution is 0.0946. The van der Waals surface area contributed by atoms with Gasteiger partial charge in [0.15, 0.2) is 5.17 Å². The Morgan fingerprint density at radius 2 is 2.26 bits per heavy atom. The molecule has 27 heavy (non-hydrogen) atoms. The van der Waals surface area contributed by atoms with Crippen molar-refractivity contribution in [3.05, 3.63) is 42.2 Å². The highest BCUT2D eigenvalue weighted by atomic mass is 32.2. The number of hydrogen-bond acceptors (Lipinski definition) is 6. The van der Waals surface area contributed by atoms with Gasteiger partial charge < -0.3 is 10.2 Å². The zero-order valence-corrected chi connectivity index (χ0v) is 16.3. The molecule has 2 aromatic rings. The first-order valence-electron chi connectivity index (χ1n) is 8.59. The Morgan fingerprint density at radius 3 is 3.04 bits per heavy atom. The molecule has 0 spiro atoms. The van der Waals surface area contributed by atoms with Crippen LogP contribution in [0.3, 0.4) is 0 Å². The lowest BCUT2D eigenvalue weighted by atomic mass is 10.1. The van der Waals surface area contributed by atoms with Crippen LogP contribution in [-0.4, -0.2) is 48.1 Å². The summed E-state index contributed by atoms with van der Waals surface area (Å²) in [5.74, 6) is 0.101. The number of amides is 1. The number of fused-ring (bicyclic) bond motifs is 3. The number of anilines is 1. The zero-order valence-electron chi connectivity index (χ0n) is 14.7. The van der Waals surface area contributed by atoms with Gasteiger partial charge in [0, 0.05) is 42.5 Å². The zero-order chi connectivity index (χ0) is 19.0. The summed E-state index contributed by atoms with van der Waals surface area (Å²) in [4.78, 5) is 15.2. The summed E-state index contributed by atoms with van der Waals surface area (Å²) >= 11 is 1.29. The number of hydrogen-bond donors (Lipinski definition) is 1. The molecule has 1 amide bonds. The van der Waals surface area contributed by atoms with Crippen LogP contribution in [0.5, 0.6) is 0 Å². The van der Waals surface area contributed by atoms with Crippen molar-refractivity contribution in [3.8, 4) is 0 Å². The standard InChI is InChI=1S/C17H19N5O3S2/c1-12(11-21-6-2-5-19-21)10-18-16(23)13-3-4-14-15(9-13)26-17-20-27(24,25)8-7-22(14)17/h2-6,9,12H,7-8,10-11H2,1H3,(H,18,23). The Bertz CT molecular complexity index is 1000. The van der Waals surface area contributed by atoms with Crippen molar-refractivity contribution in [3.63, 3.8) is 0 Å². The van der Waals surface area contributed by atoms with Crippen molar-refractivity contribution >= 4 is 38.5 Å². The first-order chi connectivity index (χ1) is 12.9. The van der Waals surface area contributed by atoms with E-state index in [1.165, 1.54) is 11.8 Å². The minimum absolute atomic E-state index is 0.00682. The van der Waals surface area contributed by atoms with Gasteiger partial charge in [0.1, 0.15) is 0 Å². The van der Waals surface area contributed by atoms with Gasteiger partial charge in [-0.2, -0.15) is 5.10 Å². The maximum atomic E-state index is 12.5. The molecule has 2 aliphatic heterocycles. The van der Waals surface area contributed by atoms with Crippen molar-refractivity contribution in [2.24, 2.45) is 10.3 Å². The predicted molar refractivity (Wildman–Crippen MR) is 105 cm³/mol. The molecule has 1 N–H and O–H groups in total. The maximum absolute atomic E-state index is 12.5. The number of carbonyl (C=O) groups is 1. The topological polar surface area (TPSA) is 96.7 Å². The predicted octanol–water partition coefficient (Wildman–Crippen LogP) is 1.56. The van der Waals surface area contributed by atoms with Gasteiger partial charge >= 0.3 is 0 Å². The fourth-order valence-corrected chi connectivity index (χ4v) is 5.33. The second kappa shape index (κ2) is 7.01. The van der Waals surface area contributed by atoms with E-state index in [1.54, 1.807) is 18.3 Å². The van der Waals surface area contributed by atoms with Crippen LogP contribution >= 0.6 is 11.8 Å². The third-order valence-electron chi connectivity index (χ3n) is 4.40. The minimum atomic E-state index is -3.38. The van der Waals surface area contributed by atoms with E-state index < -0.39 is 10.0 Å². The largest absolute Gasteiger partial charge is 0.352 e. The molecular weight excluding hydrogens is 386 g/mol. The molecule has 1 unspecified atom stereocenters. The number of thioether (sulfide) groups is 1. The Labute approximate surface area is 161 Å². The van der Waals surface area contributed by atoms with Crippen LogP contribution < -0.4 is 10.2 Å². The molecule has 3 heterocycles. The number of aromatic nitrogens is 2. The SMILES string of the molecule is CC(CNC(=O)c1ccc2c(c1)SC1=NS(=O)(=O)CCN12)Cn1cccn1. The summed E-state index contributed by atoms with van der Waals surface area (Å²) in [6.45, 7) is 3.71. The number of sulfonamides is 1. The van der Waals surface area contributed by atoms with E-state index in [0.29, 0.717) is 23.8 Å². The summed E-state index contributed by atoms with van der Waals surface area (Å²) in [6, 6.07) is 7.28. The summed E-state index contributed by atoms with van der Waals surface area (Å²) in [6.07, 6.45) is 3.63. The first kappa shape index (κ1) is 18.1. The van der Waals surface area contributed by atoms with Gasteiger partial charge in [-0.3, -0.25) is 9.48 Å². The average Bonchev–Trinajstić information content (AvgIpc) is 3.24. The van der Waals surface area contributed by atoms with Crippen LogP contribution in [0, 0.1) is 5.92 Å². The smallest absolute Gasteiger partial charge is 0.257 e. The van der Waals surface area contributed by atoms with E-state index in [1.807, 2.05) is 27.9 Å². The fraction of sp³-hybridized carbons (Fsp3) is 0.353. The summed E-state index contributed by atoms with van der Waals surface area (Å²) in [5.41, 5.74) is 1.45. The van der Waals surface area contributed by atoms with Crippen LogP contribution in [0.1, 0.15) is 17.3 Å². The normalized spacial score (nSPS) is 18.4. The molecule has 2 aliphatic rings. The number of nitrogens with one attached hydrogen (secondary N) is 1. The lowest BCUT2D eigenvalue weighted by Crippen LogP contribution is -2.35. The molecule has 1 atom stereocenters. The van der Waals surface area contributed by atoms with E-state index in [-0.39, 0.29) is 17.6 Å². The summed E-state index contributed by atoms with van der Waals surface area (Å²) in [5, 5.41) is 7.58. The number of amidine groups is 1. The molecule has 0 saturated heterocycles. The molecule has 0 radical (unpaired) electrons. The summed E-state index contributed by atoms with van der Waals surface area (Å²) in [7, 11) is -3.38. The molecule has 0 aliphatic carbocycles. The molecular formula is C17H19N5O3S2. The van der Waals surface area contributed by atoms with Gasteiger partial charge in [-0.05, 0) is 41.9 Å². The van der Waals surface area contributed by atoms with Crippen molar-refractivity contribution in [2.45, 2.75) is 18.4 Å². The Kier molecular flexibility index (Phi) is 4.68. The fourth-order valence-electron chi connectivity index (χ4n) is 3.03. The third kappa shape index (κ3) is 3.86. The van der Waals surface area contributed by atoms with Gasteiger partial charge in [-0.25, -0.2) is 8.42 Å². The Hall–Kier alpha value is -2.33. The van der Waals surface area contributed by atoms with Crippen LogP contribution in [0.15, 0.2) is 46.0 Å². The first-order valence-corrected chi connectivity index (χ1v) is 11.0. The Morgan fingerprint density at radius 1 is 1.41 bits per heavy atom. The lowest BCUT2D eigenvalue weighted by Gasteiger charge is -2.22. The number of nitrogens with zero attached hydrogens (tertiary/aromatic N) is 4. The highest BCUT2D eigenvalue weighted by molar-refractivity contribution is 8.15. The highest BCUT2D eigenvalue weighted by Crippen LogP contribution is 2.42. The molecule has 0 fully saturated rings. The molecule has 1 aromatic heterocycles. The molecule has 0 bridgehead atoms. The van der Waals surface area contributed by atoms with Gasteiger partial charge in [-0.15, -0.1) is 4.40 Å². The number of carbonyl (C=O) groups excluding carboxylic acids is 1. The van der Waals surface area contributed by atoms with Crippen molar-refractivity contribution < 1.29 is 13.2 Å². The van der Waals surface area contributed by atoms with E-state index >= 15 is 0 Å². The number of benzene rings is 1. The third-order valence-corrected chi connectivity index (χ3v) is 6.71.